The summed E-state index contributed by atoms with van der Waals surface area (Å²) in [5.74, 6) is -0.957. The summed E-state index contributed by atoms with van der Waals surface area (Å²) >= 11 is 1.54. The van der Waals surface area contributed by atoms with E-state index in [1.165, 1.54) is 23.3 Å². The minimum Gasteiger partial charge on any atom is -0.469 e. The van der Waals surface area contributed by atoms with Crippen LogP contribution in [0.25, 0.3) is 10.4 Å². The lowest BCUT2D eigenvalue weighted by atomic mass is 10.0. The van der Waals surface area contributed by atoms with Crippen molar-refractivity contribution < 1.29 is 29.0 Å². The number of amides is 2. The van der Waals surface area contributed by atoms with Crippen LogP contribution in [-0.2, 0) is 19.1 Å². The first-order valence-corrected chi connectivity index (χ1v) is 11.9. The molecule has 1 aromatic carbocycles. The third-order valence-corrected chi connectivity index (χ3v) is 6.42. The summed E-state index contributed by atoms with van der Waals surface area (Å²) in [6, 6.07) is 5.94. The van der Waals surface area contributed by atoms with Gasteiger partial charge in [-0.2, -0.15) is 0 Å². The molecule has 9 nitrogen and oxygen atoms in total. The van der Waals surface area contributed by atoms with E-state index in [2.05, 4.69) is 10.3 Å². The zero-order chi connectivity index (χ0) is 25.0. The van der Waals surface area contributed by atoms with Gasteiger partial charge in [-0.05, 0) is 38.8 Å². The van der Waals surface area contributed by atoms with E-state index in [-0.39, 0.29) is 19.4 Å². The largest absolute Gasteiger partial charge is 0.469 e. The van der Waals surface area contributed by atoms with Gasteiger partial charge in [-0.25, -0.2) is 9.78 Å². The molecule has 1 saturated heterocycles. The van der Waals surface area contributed by atoms with Crippen LogP contribution in [0.3, 0.4) is 0 Å². The molecule has 0 radical (unpaired) electrons. The number of carbonyl (C=O) groups is 3. The maximum absolute atomic E-state index is 13.2. The molecule has 1 aromatic heterocycles. The predicted octanol–water partition coefficient (Wildman–Crippen LogP) is 3.21. The average Bonchev–Trinajstić information content (AvgIpc) is 3.37. The Hall–Kier alpha value is -2.98. The fraction of sp³-hybridized carbons (Fsp3) is 0.500. The van der Waals surface area contributed by atoms with Gasteiger partial charge >= 0.3 is 12.1 Å². The number of thiazole rings is 1. The van der Waals surface area contributed by atoms with Crippen LogP contribution in [0.15, 0.2) is 29.8 Å². The van der Waals surface area contributed by atoms with Crippen molar-refractivity contribution in [3.05, 3.63) is 41.0 Å². The van der Waals surface area contributed by atoms with E-state index in [0.717, 1.165) is 16.1 Å². The van der Waals surface area contributed by atoms with Gasteiger partial charge in [0.15, 0.2) is 0 Å². The molecule has 1 aliphatic heterocycles. The molecule has 1 fully saturated rings. The van der Waals surface area contributed by atoms with E-state index in [9.17, 15) is 19.5 Å². The summed E-state index contributed by atoms with van der Waals surface area (Å²) in [4.78, 5) is 44.4. The number of carbonyl (C=O) groups excluding carboxylic acids is 3. The number of ether oxygens (including phenoxy) is 2. The molecule has 2 aromatic rings. The van der Waals surface area contributed by atoms with Gasteiger partial charge in [0.05, 0.1) is 48.3 Å². The number of rotatable bonds is 6. The molecule has 0 aliphatic carbocycles. The van der Waals surface area contributed by atoms with E-state index in [1.807, 2.05) is 31.2 Å². The molecule has 2 amide bonds. The van der Waals surface area contributed by atoms with E-state index in [4.69, 9.17) is 9.47 Å². The Bertz CT molecular complexity index is 1030. The monoisotopic (exact) mass is 489 g/mol. The Kier molecular flexibility index (Phi) is 7.93. The summed E-state index contributed by atoms with van der Waals surface area (Å²) in [6.45, 7) is 7.13. The average molecular weight is 490 g/mol. The zero-order valence-corrected chi connectivity index (χ0v) is 20.8. The summed E-state index contributed by atoms with van der Waals surface area (Å²) in [5.41, 5.74) is 3.68. The number of aliphatic hydroxyl groups is 1. The number of esters is 1. The van der Waals surface area contributed by atoms with Crippen molar-refractivity contribution in [2.75, 3.05) is 13.7 Å². The molecule has 1 aliphatic rings. The number of benzene rings is 1. The number of likely N-dealkylation sites (tertiary alicyclic amines) is 1. The maximum atomic E-state index is 13.2. The fourth-order valence-corrected chi connectivity index (χ4v) is 4.61. The van der Waals surface area contributed by atoms with Crippen molar-refractivity contribution in [1.29, 1.82) is 0 Å². The number of β-amino-alcohol motifs (C(OH)–C–C–N with tert-alkyl or cyclic N) is 1. The van der Waals surface area contributed by atoms with Crippen molar-refractivity contribution in [1.82, 2.24) is 15.2 Å². The normalized spacial score (nSPS) is 18.9. The summed E-state index contributed by atoms with van der Waals surface area (Å²) in [5, 5.41) is 13.0. The Morgan fingerprint density at radius 2 is 1.94 bits per heavy atom. The number of nitrogens with one attached hydrogen (secondary N) is 1. The molecule has 3 atom stereocenters. The second-order valence-electron chi connectivity index (χ2n) is 9.27. The van der Waals surface area contributed by atoms with Crippen LogP contribution in [0.2, 0.25) is 0 Å². The van der Waals surface area contributed by atoms with E-state index >= 15 is 0 Å². The summed E-state index contributed by atoms with van der Waals surface area (Å²) in [6.07, 6.45) is -1.51. The number of aliphatic hydroxyl groups excluding tert-OH is 1. The lowest BCUT2D eigenvalue weighted by Crippen LogP contribution is -2.48. The van der Waals surface area contributed by atoms with Crippen LogP contribution >= 0.6 is 11.3 Å². The van der Waals surface area contributed by atoms with Gasteiger partial charge in [0.2, 0.25) is 5.91 Å². The Balaban J connectivity index is 1.80. The fourth-order valence-electron chi connectivity index (χ4n) is 3.80. The molecule has 2 N–H and O–H groups in total. The third kappa shape index (κ3) is 6.32. The Morgan fingerprint density at radius 1 is 1.26 bits per heavy atom. The van der Waals surface area contributed by atoms with Crippen molar-refractivity contribution in [2.45, 2.75) is 64.3 Å². The standard InChI is InChI=1S/C24H31N3O6S/c1-14-21(34-13-25-14)16-8-6-15(7-9-16)18(11-20(29)32-5)26-22(30)19-10-17(28)12-27(19)23(31)33-24(2,3)4/h6-9,13,17-19,28H,10-12H2,1-5H3,(H,26,30)/t17-,18+,19+/m0/s1. The minimum absolute atomic E-state index is 0.00242. The maximum Gasteiger partial charge on any atom is 0.411 e. The summed E-state index contributed by atoms with van der Waals surface area (Å²) < 4.78 is 10.2. The number of aryl methyl sites for hydroxylation is 1. The van der Waals surface area contributed by atoms with Gasteiger partial charge in [-0.1, -0.05) is 24.3 Å². The highest BCUT2D eigenvalue weighted by Gasteiger charge is 2.41. The van der Waals surface area contributed by atoms with Crippen LogP contribution in [0.1, 0.15) is 50.9 Å². The van der Waals surface area contributed by atoms with Crippen molar-refractivity contribution in [2.24, 2.45) is 0 Å². The number of aromatic nitrogens is 1. The minimum atomic E-state index is -0.913. The number of methoxy groups -OCH3 is 1. The number of hydrogen-bond donors (Lipinski definition) is 2. The van der Waals surface area contributed by atoms with Crippen LogP contribution in [0.4, 0.5) is 4.79 Å². The lowest BCUT2D eigenvalue weighted by Gasteiger charge is -2.29. The van der Waals surface area contributed by atoms with Gasteiger partial charge in [0.1, 0.15) is 11.6 Å². The van der Waals surface area contributed by atoms with Crippen LogP contribution in [-0.4, -0.2) is 64.4 Å². The third-order valence-electron chi connectivity index (χ3n) is 5.45. The molecule has 2 heterocycles. The highest BCUT2D eigenvalue weighted by Crippen LogP contribution is 2.29. The molecule has 0 unspecified atom stereocenters. The van der Waals surface area contributed by atoms with Crippen LogP contribution in [0.5, 0.6) is 0 Å². The van der Waals surface area contributed by atoms with Crippen molar-refractivity contribution in [3.8, 4) is 10.4 Å². The van der Waals surface area contributed by atoms with E-state index in [0.29, 0.717) is 5.56 Å². The second-order valence-corrected chi connectivity index (χ2v) is 10.1. The molecule has 0 bridgehead atoms. The van der Waals surface area contributed by atoms with Gasteiger partial charge in [0.25, 0.3) is 0 Å². The SMILES string of the molecule is COC(=O)C[C@@H](NC(=O)[C@H]1C[C@H](O)CN1C(=O)OC(C)(C)C)c1ccc(-c2scnc2C)cc1. The molecule has 34 heavy (non-hydrogen) atoms. The highest BCUT2D eigenvalue weighted by atomic mass is 32.1. The van der Waals surface area contributed by atoms with Gasteiger partial charge in [-0.3, -0.25) is 14.5 Å². The molecule has 0 spiro atoms. The number of nitrogens with zero attached hydrogens (tertiary/aromatic N) is 2. The first-order valence-electron chi connectivity index (χ1n) is 11.0. The molecule has 10 heteroatoms. The summed E-state index contributed by atoms with van der Waals surface area (Å²) in [7, 11) is 1.29. The van der Waals surface area contributed by atoms with Crippen LogP contribution in [0, 0.1) is 6.92 Å². The van der Waals surface area contributed by atoms with Crippen molar-refractivity contribution >= 4 is 29.3 Å². The molecular weight excluding hydrogens is 458 g/mol. The van der Waals surface area contributed by atoms with Gasteiger partial charge < -0.3 is 19.9 Å². The first kappa shape index (κ1) is 25.6. The van der Waals surface area contributed by atoms with Gasteiger partial charge in [0, 0.05) is 6.42 Å². The highest BCUT2D eigenvalue weighted by molar-refractivity contribution is 7.13. The second kappa shape index (κ2) is 10.5. The molecular formula is C24H31N3O6S. The molecule has 3 rings (SSSR count). The Labute approximate surface area is 203 Å². The Morgan fingerprint density at radius 3 is 2.50 bits per heavy atom. The topological polar surface area (TPSA) is 118 Å². The van der Waals surface area contributed by atoms with E-state index in [1.54, 1.807) is 26.3 Å². The number of hydrogen-bond acceptors (Lipinski definition) is 8. The van der Waals surface area contributed by atoms with Gasteiger partial charge in [-0.15, -0.1) is 11.3 Å². The van der Waals surface area contributed by atoms with Crippen molar-refractivity contribution in [3.63, 3.8) is 0 Å². The quantitative estimate of drug-likeness (QED) is 0.598. The van der Waals surface area contributed by atoms with E-state index < -0.39 is 41.8 Å². The van der Waals surface area contributed by atoms with Crippen LogP contribution < -0.4 is 5.32 Å². The molecule has 0 saturated carbocycles. The smallest absolute Gasteiger partial charge is 0.411 e. The molecule has 184 valence electrons. The zero-order valence-electron chi connectivity index (χ0n) is 20.0. The predicted molar refractivity (Wildman–Crippen MR) is 127 cm³/mol. The first-order chi connectivity index (χ1) is 16.0. The lowest BCUT2D eigenvalue weighted by molar-refractivity contribution is -0.141.